The fourth-order valence-corrected chi connectivity index (χ4v) is 1.35. The Morgan fingerprint density at radius 3 is 2.18 bits per heavy atom. The molecule has 6 N–H and O–H groups in total. The van der Waals surface area contributed by atoms with Gasteiger partial charge in [-0.25, -0.2) is 4.99 Å². The van der Waals surface area contributed by atoms with E-state index in [1.807, 2.05) is 12.1 Å². The summed E-state index contributed by atoms with van der Waals surface area (Å²) >= 11 is 0. The molecule has 0 aliphatic rings. The molecule has 1 aromatic carbocycles. The summed E-state index contributed by atoms with van der Waals surface area (Å²) in [7, 11) is 0. The van der Waals surface area contributed by atoms with Crippen LogP contribution in [0.1, 0.15) is 30.9 Å². The second-order valence-electron chi connectivity index (χ2n) is 4.11. The molecule has 92 valence electrons. The first kappa shape index (κ1) is 13.0. The largest absolute Gasteiger partial charge is 0.370 e. The summed E-state index contributed by atoms with van der Waals surface area (Å²) in [6.07, 6.45) is 0. The van der Waals surface area contributed by atoms with Crippen molar-refractivity contribution >= 4 is 11.9 Å². The van der Waals surface area contributed by atoms with Gasteiger partial charge in [0.2, 0.25) is 5.96 Å². The van der Waals surface area contributed by atoms with E-state index in [0.29, 0.717) is 12.5 Å². The van der Waals surface area contributed by atoms with Crippen molar-refractivity contribution in [3.05, 3.63) is 35.4 Å². The molecule has 0 amide bonds. The summed E-state index contributed by atoms with van der Waals surface area (Å²) in [6, 6.07) is 8.24. The van der Waals surface area contributed by atoms with Gasteiger partial charge >= 0.3 is 0 Å². The van der Waals surface area contributed by atoms with Crippen LogP contribution in [0.4, 0.5) is 0 Å². The molecule has 0 aliphatic heterocycles. The summed E-state index contributed by atoms with van der Waals surface area (Å²) in [5.41, 5.74) is 18.2. The van der Waals surface area contributed by atoms with Crippen molar-refractivity contribution in [3.63, 3.8) is 0 Å². The molecule has 0 fully saturated rings. The number of benzene rings is 1. The van der Waals surface area contributed by atoms with Gasteiger partial charge in [-0.2, -0.15) is 4.99 Å². The number of nitrogens with zero attached hydrogens (tertiary/aromatic N) is 2. The van der Waals surface area contributed by atoms with Gasteiger partial charge in [0.15, 0.2) is 5.96 Å². The molecule has 0 saturated heterocycles. The second-order valence-corrected chi connectivity index (χ2v) is 4.11. The number of guanidine groups is 2. The molecule has 17 heavy (non-hydrogen) atoms. The summed E-state index contributed by atoms with van der Waals surface area (Å²) in [4.78, 5) is 7.69. The predicted octanol–water partition coefficient (Wildman–Crippen LogP) is 0.898. The maximum atomic E-state index is 5.50. The Hall–Kier alpha value is -2.04. The predicted molar refractivity (Wildman–Crippen MR) is 71.7 cm³/mol. The van der Waals surface area contributed by atoms with E-state index in [2.05, 4.69) is 36.0 Å². The Labute approximate surface area is 101 Å². The summed E-state index contributed by atoms with van der Waals surface area (Å²) < 4.78 is 0. The van der Waals surface area contributed by atoms with Crippen molar-refractivity contribution in [2.24, 2.45) is 27.2 Å². The van der Waals surface area contributed by atoms with E-state index in [-0.39, 0.29) is 11.9 Å². The van der Waals surface area contributed by atoms with Crippen molar-refractivity contribution in [2.75, 3.05) is 0 Å². The highest BCUT2D eigenvalue weighted by atomic mass is 15.1. The van der Waals surface area contributed by atoms with Crippen molar-refractivity contribution in [1.29, 1.82) is 0 Å². The van der Waals surface area contributed by atoms with Crippen LogP contribution in [-0.4, -0.2) is 11.9 Å². The minimum Gasteiger partial charge on any atom is -0.370 e. The molecule has 0 heterocycles. The van der Waals surface area contributed by atoms with Gasteiger partial charge < -0.3 is 17.2 Å². The molecule has 0 saturated carbocycles. The van der Waals surface area contributed by atoms with Crippen molar-refractivity contribution < 1.29 is 0 Å². The Bertz CT molecular complexity index is 413. The molecule has 0 unspecified atom stereocenters. The van der Waals surface area contributed by atoms with Crippen LogP contribution in [0.15, 0.2) is 34.3 Å². The quantitative estimate of drug-likeness (QED) is 0.533. The van der Waals surface area contributed by atoms with Gasteiger partial charge in [-0.3, -0.25) is 0 Å². The van der Waals surface area contributed by atoms with Crippen LogP contribution in [0, 0.1) is 0 Å². The number of hydrogen-bond acceptors (Lipinski definition) is 1. The van der Waals surface area contributed by atoms with Crippen molar-refractivity contribution in [2.45, 2.75) is 26.3 Å². The minimum absolute atomic E-state index is 0.0820. The highest BCUT2D eigenvalue weighted by Crippen LogP contribution is 2.14. The zero-order chi connectivity index (χ0) is 12.8. The molecule has 0 bridgehead atoms. The molecular weight excluding hydrogens is 214 g/mol. The van der Waals surface area contributed by atoms with Gasteiger partial charge in [0.05, 0.1) is 6.54 Å². The maximum absolute atomic E-state index is 5.50. The molecule has 5 heteroatoms. The summed E-state index contributed by atoms with van der Waals surface area (Å²) in [5, 5.41) is 0. The summed E-state index contributed by atoms with van der Waals surface area (Å²) in [6.45, 7) is 4.79. The van der Waals surface area contributed by atoms with E-state index >= 15 is 0 Å². The third kappa shape index (κ3) is 4.55. The van der Waals surface area contributed by atoms with E-state index in [9.17, 15) is 0 Å². The maximum Gasteiger partial charge on any atom is 0.218 e. The molecule has 1 aromatic rings. The van der Waals surface area contributed by atoms with E-state index in [1.165, 1.54) is 5.56 Å². The topological polar surface area (TPSA) is 103 Å². The highest BCUT2D eigenvalue weighted by Gasteiger charge is 1.98. The Morgan fingerprint density at radius 1 is 1.12 bits per heavy atom. The molecule has 0 aromatic heterocycles. The van der Waals surface area contributed by atoms with E-state index < -0.39 is 0 Å². The van der Waals surface area contributed by atoms with Gasteiger partial charge in [-0.05, 0) is 17.0 Å². The van der Waals surface area contributed by atoms with Crippen LogP contribution in [0.25, 0.3) is 0 Å². The molecule has 1 rings (SSSR count). The molecule has 5 nitrogen and oxygen atoms in total. The standard InChI is InChI=1S/C12H19N5/c1-8(2)10-5-3-9(4-6-10)7-16-12(15)17-11(13)14/h3-6,8H,7H2,1-2H3,(H6,13,14,15,16,17). The Balaban J connectivity index is 2.67. The molecule has 0 spiro atoms. The van der Waals surface area contributed by atoms with Crippen LogP contribution < -0.4 is 17.2 Å². The average Bonchev–Trinajstić information content (AvgIpc) is 2.26. The third-order valence-electron chi connectivity index (χ3n) is 2.31. The first-order valence-electron chi connectivity index (χ1n) is 5.47. The van der Waals surface area contributed by atoms with Crippen molar-refractivity contribution in [3.8, 4) is 0 Å². The van der Waals surface area contributed by atoms with Gasteiger partial charge in [-0.1, -0.05) is 38.1 Å². The zero-order valence-electron chi connectivity index (χ0n) is 10.2. The fourth-order valence-electron chi connectivity index (χ4n) is 1.35. The monoisotopic (exact) mass is 233 g/mol. The van der Waals surface area contributed by atoms with Gasteiger partial charge in [0.1, 0.15) is 0 Å². The molecule has 0 radical (unpaired) electrons. The Kier molecular flexibility index (Phi) is 4.51. The van der Waals surface area contributed by atoms with E-state index in [1.54, 1.807) is 0 Å². The number of aliphatic imine (C=N–C) groups is 2. The van der Waals surface area contributed by atoms with Gasteiger partial charge in [0.25, 0.3) is 0 Å². The van der Waals surface area contributed by atoms with Crippen LogP contribution >= 0.6 is 0 Å². The first-order valence-corrected chi connectivity index (χ1v) is 5.47. The lowest BCUT2D eigenvalue weighted by Gasteiger charge is -2.05. The van der Waals surface area contributed by atoms with Crippen molar-refractivity contribution in [1.82, 2.24) is 0 Å². The molecular formula is C12H19N5. The normalized spacial score (nSPS) is 11.6. The average molecular weight is 233 g/mol. The highest BCUT2D eigenvalue weighted by molar-refractivity contribution is 5.92. The first-order chi connectivity index (χ1) is 7.99. The lowest BCUT2D eigenvalue weighted by Crippen LogP contribution is -2.26. The number of nitrogens with two attached hydrogens (primary N) is 3. The Morgan fingerprint density at radius 2 is 1.71 bits per heavy atom. The third-order valence-corrected chi connectivity index (χ3v) is 2.31. The SMILES string of the molecule is CC(C)c1ccc(CN=C(N)N=C(N)N)cc1. The van der Waals surface area contributed by atoms with Crippen LogP contribution in [-0.2, 0) is 6.54 Å². The number of hydrogen-bond donors (Lipinski definition) is 3. The van der Waals surface area contributed by atoms with Crippen LogP contribution in [0.2, 0.25) is 0 Å². The van der Waals surface area contributed by atoms with E-state index in [0.717, 1.165) is 5.56 Å². The summed E-state index contributed by atoms with van der Waals surface area (Å²) in [5.74, 6) is 0.540. The minimum atomic E-state index is -0.0820. The van der Waals surface area contributed by atoms with Crippen LogP contribution in [0.3, 0.4) is 0 Å². The fraction of sp³-hybridized carbons (Fsp3) is 0.333. The smallest absolute Gasteiger partial charge is 0.218 e. The lowest BCUT2D eigenvalue weighted by molar-refractivity contribution is 0.864. The lowest BCUT2D eigenvalue weighted by atomic mass is 10.0. The molecule has 0 aliphatic carbocycles. The van der Waals surface area contributed by atoms with Crippen LogP contribution in [0.5, 0.6) is 0 Å². The zero-order valence-corrected chi connectivity index (χ0v) is 10.2. The second kappa shape index (κ2) is 5.89. The van der Waals surface area contributed by atoms with Gasteiger partial charge in [0, 0.05) is 0 Å². The molecule has 0 atom stereocenters. The number of rotatable bonds is 3. The van der Waals surface area contributed by atoms with Gasteiger partial charge in [-0.15, -0.1) is 0 Å². The van der Waals surface area contributed by atoms with E-state index in [4.69, 9.17) is 17.2 Å².